The first-order chi connectivity index (χ1) is 22.0. The number of hydrogen-bond acceptors (Lipinski definition) is 10. The minimum Gasteiger partial charge on any atom is -0.391 e. The van der Waals surface area contributed by atoms with Gasteiger partial charge in [0.1, 0.15) is 12.1 Å². The molecule has 1 saturated heterocycles. The number of hydrogen-bond donors (Lipinski definition) is 3. The van der Waals surface area contributed by atoms with E-state index in [1.807, 2.05) is 57.5 Å². The lowest BCUT2D eigenvalue weighted by Crippen LogP contribution is -2.57. The van der Waals surface area contributed by atoms with Gasteiger partial charge in [0, 0.05) is 37.4 Å². The van der Waals surface area contributed by atoms with E-state index < -0.39 is 29.5 Å². The number of rotatable bonds is 18. The topological polar surface area (TPSA) is 188 Å². The second kappa shape index (κ2) is 18.5. The number of aromatic nitrogens is 1. The highest BCUT2D eigenvalue weighted by atomic mass is 32.1. The Morgan fingerprint density at radius 1 is 1.11 bits per heavy atom. The Balaban J connectivity index is 1.45. The van der Waals surface area contributed by atoms with Crippen LogP contribution >= 0.6 is 11.3 Å². The second-order valence-electron chi connectivity index (χ2n) is 12.0. The summed E-state index contributed by atoms with van der Waals surface area (Å²) in [5, 5.41) is 19.5. The Kier molecular flexibility index (Phi) is 14.9. The summed E-state index contributed by atoms with van der Waals surface area (Å²) in [7, 11) is 0. The predicted molar refractivity (Wildman–Crippen MR) is 173 cm³/mol. The molecule has 0 spiro atoms. The van der Waals surface area contributed by atoms with Crippen molar-refractivity contribution >= 4 is 29.1 Å². The highest BCUT2D eigenvalue weighted by Gasteiger charge is 2.44. The number of aliphatic hydroxyl groups is 1. The molecule has 0 unspecified atom stereocenters. The number of β-amino-alcohol motifs (C(OH)–C–C–N with tert-alkyl or cyclic N) is 1. The maximum Gasteiger partial charge on any atom is 0.246 e. The highest BCUT2D eigenvalue weighted by Crippen LogP contribution is 2.28. The molecule has 46 heavy (non-hydrogen) atoms. The Hall–Kier alpha value is -3.59. The maximum absolute atomic E-state index is 13.8. The SMILES string of the molecule is Cc1ncsc1-c1ccc(CNC(=O)[C@@H]2C[C@@H](O)CN2C(=O)[C@@H](NC(=O)CCOCCOCCOCCN=[N+]=[N-])C(C)(C)C)cc1. The van der Waals surface area contributed by atoms with Crippen LogP contribution in [-0.2, 0) is 35.1 Å². The zero-order valence-electron chi connectivity index (χ0n) is 26.9. The van der Waals surface area contributed by atoms with Crippen LogP contribution in [0.5, 0.6) is 0 Å². The number of nitrogens with one attached hydrogen (secondary N) is 2. The summed E-state index contributed by atoms with van der Waals surface area (Å²) in [6.45, 7) is 9.82. The van der Waals surface area contributed by atoms with Crippen LogP contribution in [0.2, 0.25) is 0 Å². The zero-order chi connectivity index (χ0) is 33.5. The third-order valence-electron chi connectivity index (χ3n) is 7.33. The lowest BCUT2D eigenvalue weighted by Gasteiger charge is -2.35. The third kappa shape index (κ3) is 11.6. The van der Waals surface area contributed by atoms with Crippen LogP contribution in [-0.4, -0.2) is 104 Å². The maximum atomic E-state index is 13.8. The number of amides is 3. The van der Waals surface area contributed by atoms with Crippen LogP contribution in [0.3, 0.4) is 0 Å². The molecule has 1 aliphatic heterocycles. The number of aryl methyl sites for hydroxylation is 1. The molecule has 3 rings (SSSR count). The van der Waals surface area contributed by atoms with E-state index in [-0.39, 0.29) is 57.5 Å². The van der Waals surface area contributed by atoms with Gasteiger partial charge in [-0.1, -0.05) is 50.2 Å². The Labute approximate surface area is 273 Å². The minimum absolute atomic E-state index is 0.00419. The summed E-state index contributed by atoms with van der Waals surface area (Å²) in [6, 6.07) is 6.09. The van der Waals surface area contributed by atoms with E-state index in [1.54, 1.807) is 11.3 Å². The summed E-state index contributed by atoms with van der Waals surface area (Å²) in [5.74, 6) is -1.14. The fourth-order valence-electron chi connectivity index (χ4n) is 4.87. The van der Waals surface area contributed by atoms with Gasteiger partial charge in [-0.2, -0.15) is 0 Å². The van der Waals surface area contributed by atoms with E-state index in [0.717, 1.165) is 21.7 Å². The largest absolute Gasteiger partial charge is 0.391 e. The number of aliphatic hydroxyl groups excluding tert-OH is 1. The molecule has 15 heteroatoms. The number of likely N-dealkylation sites (tertiary alicyclic amines) is 1. The van der Waals surface area contributed by atoms with E-state index >= 15 is 0 Å². The van der Waals surface area contributed by atoms with Crippen LogP contribution in [0.4, 0.5) is 0 Å². The Morgan fingerprint density at radius 3 is 2.37 bits per heavy atom. The van der Waals surface area contributed by atoms with Gasteiger partial charge >= 0.3 is 0 Å². The van der Waals surface area contributed by atoms with Gasteiger partial charge in [0.15, 0.2) is 0 Å². The minimum atomic E-state index is -0.912. The number of nitrogens with zero attached hydrogens (tertiary/aromatic N) is 5. The van der Waals surface area contributed by atoms with Crippen molar-refractivity contribution in [3.05, 3.63) is 51.5 Å². The number of carbonyl (C=O) groups excluding carboxylic acids is 3. The Morgan fingerprint density at radius 2 is 1.76 bits per heavy atom. The quantitative estimate of drug-likeness (QED) is 0.0942. The van der Waals surface area contributed by atoms with Crippen LogP contribution in [0.1, 0.15) is 44.9 Å². The second-order valence-corrected chi connectivity index (χ2v) is 12.8. The van der Waals surface area contributed by atoms with Crippen molar-refractivity contribution in [1.29, 1.82) is 0 Å². The van der Waals surface area contributed by atoms with E-state index in [0.29, 0.717) is 26.4 Å². The average Bonchev–Trinajstić information content (AvgIpc) is 3.63. The van der Waals surface area contributed by atoms with E-state index in [9.17, 15) is 19.5 Å². The first-order valence-electron chi connectivity index (χ1n) is 15.3. The van der Waals surface area contributed by atoms with Crippen LogP contribution in [0.25, 0.3) is 20.9 Å². The lowest BCUT2D eigenvalue weighted by molar-refractivity contribution is -0.144. The van der Waals surface area contributed by atoms with Gasteiger partial charge in [-0.3, -0.25) is 14.4 Å². The van der Waals surface area contributed by atoms with Crippen molar-refractivity contribution in [2.75, 3.05) is 52.7 Å². The van der Waals surface area contributed by atoms with Crippen LogP contribution < -0.4 is 10.6 Å². The molecule has 1 aromatic heterocycles. The van der Waals surface area contributed by atoms with Crippen molar-refractivity contribution in [3.63, 3.8) is 0 Å². The predicted octanol–water partition coefficient (Wildman–Crippen LogP) is 2.98. The molecule has 0 saturated carbocycles. The normalized spacial score (nSPS) is 16.9. The third-order valence-corrected chi connectivity index (χ3v) is 8.31. The van der Waals surface area contributed by atoms with Crippen LogP contribution in [0.15, 0.2) is 34.9 Å². The molecule has 1 aromatic carbocycles. The number of ether oxygens (including phenoxy) is 3. The molecule has 0 bridgehead atoms. The molecule has 3 atom stereocenters. The lowest BCUT2D eigenvalue weighted by atomic mass is 9.85. The molecule has 3 N–H and O–H groups in total. The molecule has 14 nitrogen and oxygen atoms in total. The molecule has 0 radical (unpaired) electrons. The van der Waals surface area contributed by atoms with Crippen molar-refractivity contribution in [1.82, 2.24) is 20.5 Å². The molecule has 1 fully saturated rings. The summed E-state index contributed by atoms with van der Waals surface area (Å²) in [6.07, 6.45) is -0.696. The standard InChI is InChI=1S/C31H45N7O7S/c1-21-27(46-20-34-21)23-7-5-22(6-8-23)18-33-29(41)25-17-24(39)19-38(25)30(42)28(31(2,3)4)36-26(40)9-11-43-13-15-45-16-14-44-12-10-35-37-32/h5-8,20,24-25,28,39H,9-19H2,1-4H3,(H,33,41)(H,36,40)/t24-,25+,28-/m1/s1. The molecule has 2 heterocycles. The summed E-state index contributed by atoms with van der Waals surface area (Å²) in [4.78, 5) is 49.2. The molecule has 2 aromatic rings. The first kappa shape index (κ1) is 36.9. The van der Waals surface area contributed by atoms with E-state index in [4.69, 9.17) is 19.7 Å². The van der Waals surface area contributed by atoms with Gasteiger partial charge < -0.3 is 34.9 Å². The number of thiazole rings is 1. The fourth-order valence-corrected chi connectivity index (χ4v) is 5.68. The Bertz CT molecular complexity index is 1330. The molecular weight excluding hydrogens is 614 g/mol. The van der Waals surface area contributed by atoms with Gasteiger partial charge in [-0.05, 0) is 29.0 Å². The number of azide groups is 1. The van der Waals surface area contributed by atoms with E-state index in [1.165, 1.54) is 4.90 Å². The molecule has 252 valence electrons. The zero-order valence-corrected chi connectivity index (χ0v) is 27.8. The fraction of sp³-hybridized carbons (Fsp3) is 0.613. The summed E-state index contributed by atoms with van der Waals surface area (Å²) in [5.41, 5.74) is 12.3. The van der Waals surface area contributed by atoms with Crippen molar-refractivity contribution in [2.45, 2.75) is 65.3 Å². The van der Waals surface area contributed by atoms with Crippen LogP contribution in [0, 0.1) is 12.3 Å². The van der Waals surface area contributed by atoms with Gasteiger partial charge in [-0.15, -0.1) is 11.3 Å². The molecule has 1 aliphatic rings. The van der Waals surface area contributed by atoms with Gasteiger partial charge in [0.25, 0.3) is 0 Å². The van der Waals surface area contributed by atoms with Gasteiger partial charge in [0.05, 0.1) is 61.8 Å². The molecule has 0 aliphatic carbocycles. The average molecular weight is 660 g/mol. The summed E-state index contributed by atoms with van der Waals surface area (Å²) >= 11 is 1.57. The van der Waals surface area contributed by atoms with Crippen molar-refractivity contribution < 1.29 is 33.7 Å². The monoisotopic (exact) mass is 659 g/mol. The molecule has 3 amide bonds. The number of carbonyl (C=O) groups is 3. The highest BCUT2D eigenvalue weighted by molar-refractivity contribution is 7.13. The van der Waals surface area contributed by atoms with Gasteiger partial charge in [-0.25, -0.2) is 4.98 Å². The smallest absolute Gasteiger partial charge is 0.246 e. The first-order valence-corrected chi connectivity index (χ1v) is 16.2. The number of benzene rings is 1. The summed E-state index contributed by atoms with van der Waals surface area (Å²) < 4.78 is 16.1. The van der Waals surface area contributed by atoms with Gasteiger partial charge in [0.2, 0.25) is 17.7 Å². The van der Waals surface area contributed by atoms with Crippen molar-refractivity contribution in [3.8, 4) is 10.4 Å². The molecular formula is C31H45N7O7S. The van der Waals surface area contributed by atoms with Crippen molar-refractivity contribution in [2.24, 2.45) is 10.5 Å². The van der Waals surface area contributed by atoms with E-state index in [2.05, 4.69) is 25.6 Å².